The average Bonchev–Trinajstić information content (AvgIpc) is 3.01. The second-order valence-electron chi connectivity index (χ2n) is 4.70. The van der Waals surface area contributed by atoms with Crippen LogP contribution in [0.5, 0.6) is 0 Å². The molecule has 0 unspecified atom stereocenters. The highest BCUT2D eigenvalue weighted by Gasteiger charge is 2.26. The maximum Gasteiger partial charge on any atom is 0.229 e. The first-order chi connectivity index (χ1) is 10.2. The first-order valence-corrected chi connectivity index (χ1v) is 7.40. The van der Waals surface area contributed by atoms with Crippen molar-refractivity contribution in [3.63, 3.8) is 0 Å². The van der Waals surface area contributed by atoms with Crippen LogP contribution in [0.3, 0.4) is 0 Å². The summed E-state index contributed by atoms with van der Waals surface area (Å²) in [5.41, 5.74) is 1.57. The Morgan fingerprint density at radius 1 is 1.33 bits per heavy atom. The highest BCUT2D eigenvalue weighted by atomic mass is 32.1. The van der Waals surface area contributed by atoms with Gasteiger partial charge < -0.3 is 10.2 Å². The van der Waals surface area contributed by atoms with E-state index < -0.39 is 5.82 Å². The van der Waals surface area contributed by atoms with E-state index in [-0.39, 0.29) is 11.8 Å². The van der Waals surface area contributed by atoms with Crippen molar-refractivity contribution in [2.45, 2.75) is 12.8 Å². The highest BCUT2D eigenvalue weighted by Crippen LogP contribution is 2.22. The van der Waals surface area contributed by atoms with Gasteiger partial charge in [0.1, 0.15) is 5.51 Å². The van der Waals surface area contributed by atoms with Crippen molar-refractivity contribution in [3.05, 3.63) is 23.7 Å². The molecule has 1 fully saturated rings. The van der Waals surface area contributed by atoms with E-state index in [4.69, 9.17) is 0 Å². The Balaban J connectivity index is 1.55. The van der Waals surface area contributed by atoms with Crippen LogP contribution in [0.25, 0.3) is 0 Å². The molecule has 2 aromatic heterocycles. The van der Waals surface area contributed by atoms with Crippen molar-refractivity contribution in [1.82, 2.24) is 20.2 Å². The third-order valence-corrected chi connectivity index (χ3v) is 3.95. The number of rotatable bonds is 3. The minimum Gasteiger partial charge on any atom is -0.341 e. The van der Waals surface area contributed by atoms with Gasteiger partial charge in [0, 0.05) is 19.0 Å². The summed E-state index contributed by atoms with van der Waals surface area (Å²) in [5.74, 6) is -0.0542. The van der Waals surface area contributed by atoms with E-state index in [0.717, 1.165) is 12.4 Å². The van der Waals surface area contributed by atoms with Crippen LogP contribution in [-0.4, -0.2) is 39.2 Å². The summed E-state index contributed by atoms with van der Waals surface area (Å²) in [7, 11) is 0. The van der Waals surface area contributed by atoms with Crippen molar-refractivity contribution in [2.24, 2.45) is 5.92 Å². The molecule has 9 heteroatoms. The number of hydrogen-bond donors (Lipinski definition) is 1. The number of nitrogens with zero attached hydrogens (tertiary/aromatic N) is 5. The molecular weight excluding hydrogens is 295 g/mol. The second-order valence-corrected chi connectivity index (χ2v) is 5.53. The molecule has 1 amide bonds. The Labute approximate surface area is 124 Å². The van der Waals surface area contributed by atoms with Gasteiger partial charge in [0.25, 0.3) is 0 Å². The number of anilines is 2. The third-order valence-electron chi connectivity index (χ3n) is 3.35. The average molecular weight is 308 g/mol. The van der Waals surface area contributed by atoms with Crippen LogP contribution in [0.4, 0.5) is 15.5 Å². The minimum absolute atomic E-state index is 0.0357. The second kappa shape index (κ2) is 6.08. The number of amides is 1. The van der Waals surface area contributed by atoms with Gasteiger partial charge in [-0.1, -0.05) is 11.3 Å². The topological polar surface area (TPSA) is 83.9 Å². The van der Waals surface area contributed by atoms with Crippen molar-refractivity contribution in [1.29, 1.82) is 0 Å². The smallest absolute Gasteiger partial charge is 0.229 e. The zero-order valence-electron chi connectivity index (χ0n) is 11.1. The molecule has 2 aromatic rings. The summed E-state index contributed by atoms with van der Waals surface area (Å²) in [6.45, 7) is 1.33. The maximum absolute atomic E-state index is 12.8. The molecule has 0 radical (unpaired) electrons. The van der Waals surface area contributed by atoms with Crippen LogP contribution >= 0.6 is 11.3 Å². The van der Waals surface area contributed by atoms with Crippen LogP contribution in [0, 0.1) is 11.7 Å². The lowest BCUT2D eigenvalue weighted by molar-refractivity contribution is -0.120. The van der Waals surface area contributed by atoms with E-state index in [2.05, 4.69) is 25.5 Å². The zero-order valence-corrected chi connectivity index (χ0v) is 11.9. The van der Waals surface area contributed by atoms with Crippen molar-refractivity contribution in [2.75, 3.05) is 23.3 Å². The van der Waals surface area contributed by atoms with Crippen molar-refractivity contribution < 1.29 is 9.18 Å². The molecule has 0 atom stereocenters. The lowest BCUT2D eigenvalue weighted by Gasteiger charge is -2.30. The molecule has 0 spiro atoms. The summed E-state index contributed by atoms with van der Waals surface area (Å²) in [5, 5.41) is 10.7. The molecule has 7 nitrogen and oxygen atoms in total. The van der Waals surface area contributed by atoms with Gasteiger partial charge in [0.2, 0.25) is 17.0 Å². The molecule has 3 heterocycles. The lowest BCUT2D eigenvalue weighted by atomic mass is 9.96. The van der Waals surface area contributed by atoms with Gasteiger partial charge in [-0.3, -0.25) is 4.79 Å². The maximum atomic E-state index is 12.8. The van der Waals surface area contributed by atoms with Crippen LogP contribution in [0.1, 0.15) is 12.8 Å². The summed E-state index contributed by atoms with van der Waals surface area (Å²) in [4.78, 5) is 21.9. The van der Waals surface area contributed by atoms with Crippen molar-refractivity contribution >= 4 is 28.3 Å². The summed E-state index contributed by atoms with van der Waals surface area (Å²) in [6.07, 6.45) is 3.70. The van der Waals surface area contributed by atoms with Gasteiger partial charge in [0.05, 0.1) is 12.4 Å². The molecule has 21 heavy (non-hydrogen) atoms. The molecule has 1 N–H and O–H groups in total. The monoisotopic (exact) mass is 308 g/mol. The van der Waals surface area contributed by atoms with Gasteiger partial charge >= 0.3 is 0 Å². The molecule has 1 aliphatic heterocycles. The molecule has 0 saturated carbocycles. The number of nitrogens with one attached hydrogen (secondary N) is 1. The van der Waals surface area contributed by atoms with Crippen LogP contribution in [0.2, 0.25) is 0 Å². The number of piperidine rings is 1. The summed E-state index contributed by atoms with van der Waals surface area (Å²) in [6, 6.07) is 0. The predicted molar refractivity (Wildman–Crippen MR) is 75.5 cm³/mol. The molecule has 0 aromatic carbocycles. The van der Waals surface area contributed by atoms with E-state index in [1.54, 1.807) is 5.51 Å². The van der Waals surface area contributed by atoms with Gasteiger partial charge in [-0.2, -0.15) is 0 Å². The van der Waals surface area contributed by atoms with Crippen LogP contribution in [0.15, 0.2) is 17.9 Å². The molecule has 1 saturated heterocycles. The Morgan fingerprint density at radius 2 is 2.05 bits per heavy atom. The predicted octanol–water partition coefficient (Wildman–Crippen LogP) is 1.32. The van der Waals surface area contributed by atoms with E-state index in [9.17, 15) is 9.18 Å². The Morgan fingerprint density at radius 3 is 2.67 bits per heavy atom. The fraction of sp³-hybridized carbons (Fsp3) is 0.417. The third kappa shape index (κ3) is 3.30. The number of carbonyl (C=O) groups excluding carboxylic acids is 1. The van der Waals surface area contributed by atoms with E-state index in [0.29, 0.717) is 37.0 Å². The van der Waals surface area contributed by atoms with Gasteiger partial charge in [-0.05, 0) is 12.8 Å². The minimum atomic E-state index is -0.454. The molecule has 110 valence electrons. The Hall–Kier alpha value is -2.16. The van der Waals surface area contributed by atoms with E-state index >= 15 is 0 Å². The zero-order chi connectivity index (χ0) is 14.7. The highest BCUT2D eigenvalue weighted by molar-refractivity contribution is 7.13. The quantitative estimate of drug-likeness (QED) is 0.920. The summed E-state index contributed by atoms with van der Waals surface area (Å²) < 4.78 is 12.8. The number of halogens is 1. The van der Waals surface area contributed by atoms with Crippen LogP contribution in [-0.2, 0) is 4.79 Å². The fourth-order valence-corrected chi connectivity index (χ4v) is 2.69. The molecule has 0 bridgehead atoms. The van der Waals surface area contributed by atoms with Gasteiger partial charge in [-0.15, -0.1) is 10.2 Å². The van der Waals surface area contributed by atoms with Gasteiger partial charge in [-0.25, -0.2) is 14.4 Å². The lowest BCUT2D eigenvalue weighted by Crippen LogP contribution is -2.39. The normalized spacial score (nSPS) is 16.0. The van der Waals surface area contributed by atoms with Crippen molar-refractivity contribution in [3.8, 4) is 0 Å². The first-order valence-electron chi connectivity index (χ1n) is 6.52. The standard InChI is InChI=1S/C12H13FN6OS/c13-9-5-14-11(15-6-9)19-3-1-8(2-4-19)10(20)17-12-18-16-7-21-12/h5-8H,1-4H2,(H,17,18,20). The number of hydrogen-bond acceptors (Lipinski definition) is 7. The number of carbonyl (C=O) groups is 1. The molecular formula is C12H13FN6OS. The van der Waals surface area contributed by atoms with Gasteiger partial charge in [0.15, 0.2) is 5.82 Å². The molecule has 0 aliphatic carbocycles. The molecule has 1 aliphatic rings. The van der Waals surface area contributed by atoms with E-state index in [1.807, 2.05) is 4.90 Å². The first kappa shape index (κ1) is 13.8. The summed E-state index contributed by atoms with van der Waals surface area (Å²) >= 11 is 1.29. The fourth-order valence-electron chi connectivity index (χ4n) is 2.25. The SMILES string of the molecule is O=C(Nc1nncs1)C1CCN(c2ncc(F)cn2)CC1. The Bertz CT molecular complexity index is 597. The largest absolute Gasteiger partial charge is 0.341 e. The van der Waals surface area contributed by atoms with Crippen LogP contribution < -0.4 is 10.2 Å². The van der Waals surface area contributed by atoms with E-state index in [1.165, 1.54) is 11.3 Å². The Kier molecular flexibility index (Phi) is 4.00. The number of aromatic nitrogens is 4. The molecule has 3 rings (SSSR count).